The highest BCUT2D eigenvalue weighted by molar-refractivity contribution is 5.92. The Morgan fingerprint density at radius 1 is 0.946 bits per heavy atom. The number of rotatable bonds is 11. The third kappa shape index (κ3) is 7.83. The molecule has 3 aromatic rings. The Morgan fingerprint density at radius 2 is 1.70 bits per heavy atom. The first-order valence-electron chi connectivity index (χ1n) is 12.0. The zero-order valence-corrected chi connectivity index (χ0v) is 21.7. The lowest BCUT2D eigenvalue weighted by molar-refractivity contribution is -0.123. The number of carbonyl (C=O) groups excluding carboxylic acids is 2. The van der Waals surface area contributed by atoms with Crippen LogP contribution in [0.1, 0.15) is 53.7 Å². The van der Waals surface area contributed by atoms with Gasteiger partial charge in [-0.2, -0.15) is 5.10 Å². The molecule has 0 saturated heterocycles. The predicted molar refractivity (Wildman–Crippen MR) is 142 cm³/mol. The van der Waals surface area contributed by atoms with Crippen LogP contribution in [0.25, 0.3) is 0 Å². The molecule has 0 heterocycles. The largest absolute Gasteiger partial charge is 0.497 e. The molecule has 3 aromatic carbocycles. The van der Waals surface area contributed by atoms with Gasteiger partial charge in [0, 0.05) is 0 Å². The van der Waals surface area contributed by atoms with Crippen molar-refractivity contribution in [1.29, 1.82) is 0 Å². The molecule has 0 aliphatic heterocycles. The van der Waals surface area contributed by atoms with E-state index in [1.54, 1.807) is 49.6 Å². The number of hydrogen-bond donors (Lipinski definition) is 1. The number of carbonyl (C=O) groups is 2. The summed E-state index contributed by atoms with van der Waals surface area (Å²) in [6.45, 7) is 8.16. The van der Waals surface area contributed by atoms with Crippen LogP contribution >= 0.6 is 0 Å². The molecule has 0 aliphatic rings. The SMILES string of the molecule is CCOc1cc(/C=N\NC(=O)COc2cc(C)ccc2C(C)C)ccc1OC(=O)c1ccc(OC)cc1. The number of methoxy groups -OCH3 is 1. The lowest BCUT2D eigenvalue weighted by atomic mass is 10.0. The Labute approximate surface area is 217 Å². The second kappa shape index (κ2) is 13.1. The van der Waals surface area contributed by atoms with E-state index in [2.05, 4.69) is 24.4 Å². The second-order valence-corrected chi connectivity index (χ2v) is 8.54. The van der Waals surface area contributed by atoms with Gasteiger partial charge >= 0.3 is 5.97 Å². The van der Waals surface area contributed by atoms with Gasteiger partial charge in [-0.3, -0.25) is 4.79 Å². The molecule has 0 aromatic heterocycles. The minimum absolute atomic E-state index is 0.162. The van der Waals surface area contributed by atoms with E-state index >= 15 is 0 Å². The molecular formula is C29H32N2O6. The van der Waals surface area contributed by atoms with E-state index in [9.17, 15) is 9.59 Å². The van der Waals surface area contributed by atoms with Gasteiger partial charge in [0.05, 0.1) is 25.5 Å². The van der Waals surface area contributed by atoms with E-state index in [1.165, 1.54) is 6.21 Å². The van der Waals surface area contributed by atoms with Crippen LogP contribution in [0.4, 0.5) is 0 Å². The molecule has 194 valence electrons. The zero-order valence-electron chi connectivity index (χ0n) is 21.7. The van der Waals surface area contributed by atoms with Crippen LogP contribution in [0.5, 0.6) is 23.0 Å². The van der Waals surface area contributed by atoms with E-state index < -0.39 is 5.97 Å². The molecule has 0 unspecified atom stereocenters. The highest BCUT2D eigenvalue weighted by atomic mass is 16.6. The summed E-state index contributed by atoms with van der Waals surface area (Å²) in [7, 11) is 1.56. The first-order chi connectivity index (χ1) is 17.8. The number of nitrogens with zero attached hydrogens (tertiary/aromatic N) is 1. The first-order valence-corrected chi connectivity index (χ1v) is 12.0. The molecule has 1 N–H and O–H groups in total. The molecule has 0 spiro atoms. The molecule has 8 heteroatoms. The van der Waals surface area contributed by atoms with Crippen LogP contribution in [0.15, 0.2) is 65.8 Å². The maximum Gasteiger partial charge on any atom is 0.343 e. The molecule has 37 heavy (non-hydrogen) atoms. The minimum atomic E-state index is -0.522. The maximum atomic E-state index is 12.5. The van der Waals surface area contributed by atoms with E-state index in [0.29, 0.717) is 35.0 Å². The van der Waals surface area contributed by atoms with Crippen molar-refractivity contribution in [2.45, 2.75) is 33.6 Å². The summed E-state index contributed by atoms with van der Waals surface area (Å²) in [5.41, 5.74) is 5.59. The fourth-order valence-corrected chi connectivity index (χ4v) is 3.44. The third-order valence-electron chi connectivity index (χ3n) is 5.35. The molecule has 8 nitrogen and oxygen atoms in total. The number of esters is 1. The van der Waals surface area contributed by atoms with Crippen molar-refractivity contribution in [3.05, 3.63) is 82.9 Å². The summed E-state index contributed by atoms with van der Waals surface area (Å²) in [5.74, 6) is 1.35. The van der Waals surface area contributed by atoms with Gasteiger partial charge in [0.1, 0.15) is 11.5 Å². The van der Waals surface area contributed by atoms with E-state index in [-0.39, 0.29) is 24.2 Å². The Hall–Kier alpha value is -4.33. The summed E-state index contributed by atoms with van der Waals surface area (Å²) >= 11 is 0. The number of benzene rings is 3. The Morgan fingerprint density at radius 3 is 2.38 bits per heavy atom. The highest BCUT2D eigenvalue weighted by Gasteiger charge is 2.14. The Kier molecular flexibility index (Phi) is 9.66. The third-order valence-corrected chi connectivity index (χ3v) is 5.35. The van der Waals surface area contributed by atoms with Gasteiger partial charge in [-0.15, -0.1) is 0 Å². The second-order valence-electron chi connectivity index (χ2n) is 8.54. The summed E-state index contributed by atoms with van der Waals surface area (Å²) in [5, 5.41) is 4.00. The van der Waals surface area contributed by atoms with E-state index in [4.69, 9.17) is 18.9 Å². The minimum Gasteiger partial charge on any atom is -0.497 e. The summed E-state index contributed by atoms with van der Waals surface area (Å²) < 4.78 is 22.0. The van der Waals surface area contributed by atoms with E-state index in [0.717, 1.165) is 11.1 Å². The maximum absolute atomic E-state index is 12.5. The number of aryl methyl sites for hydroxylation is 1. The van der Waals surface area contributed by atoms with Crippen molar-refractivity contribution >= 4 is 18.1 Å². The Balaban J connectivity index is 1.61. The van der Waals surface area contributed by atoms with Crippen molar-refractivity contribution in [2.75, 3.05) is 20.3 Å². The van der Waals surface area contributed by atoms with Crippen molar-refractivity contribution < 1.29 is 28.5 Å². The fraction of sp³-hybridized carbons (Fsp3) is 0.276. The first kappa shape index (κ1) is 27.3. The molecule has 1 amide bonds. The average Bonchev–Trinajstić information content (AvgIpc) is 2.89. The van der Waals surface area contributed by atoms with Crippen molar-refractivity contribution in [3.63, 3.8) is 0 Å². The normalized spacial score (nSPS) is 10.9. The van der Waals surface area contributed by atoms with Gasteiger partial charge in [0.25, 0.3) is 5.91 Å². The molecule has 0 aliphatic carbocycles. The van der Waals surface area contributed by atoms with Gasteiger partial charge in [0.15, 0.2) is 18.1 Å². The van der Waals surface area contributed by atoms with Crippen molar-refractivity contribution in [3.8, 4) is 23.0 Å². The van der Waals surface area contributed by atoms with Crippen LogP contribution in [0, 0.1) is 6.92 Å². The lowest BCUT2D eigenvalue weighted by Gasteiger charge is -2.14. The predicted octanol–water partition coefficient (Wildman–Crippen LogP) is 5.27. The molecular weight excluding hydrogens is 472 g/mol. The highest BCUT2D eigenvalue weighted by Crippen LogP contribution is 2.29. The van der Waals surface area contributed by atoms with Gasteiger partial charge in [-0.25, -0.2) is 10.2 Å². The van der Waals surface area contributed by atoms with Gasteiger partial charge < -0.3 is 18.9 Å². The zero-order chi connectivity index (χ0) is 26.8. The van der Waals surface area contributed by atoms with Crippen LogP contribution < -0.4 is 24.4 Å². The van der Waals surface area contributed by atoms with Crippen molar-refractivity contribution in [1.82, 2.24) is 5.43 Å². The number of amides is 1. The summed E-state index contributed by atoms with van der Waals surface area (Å²) in [4.78, 5) is 24.8. The molecule has 0 atom stereocenters. The quantitative estimate of drug-likeness (QED) is 0.165. The fourth-order valence-electron chi connectivity index (χ4n) is 3.44. The van der Waals surface area contributed by atoms with Gasteiger partial charge in [0.2, 0.25) is 0 Å². The Bertz CT molecular complexity index is 1250. The monoisotopic (exact) mass is 504 g/mol. The number of nitrogens with one attached hydrogen (secondary N) is 1. The molecule has 0 saturated carbocycles. The molecule has 0 radical (unpaired) electrons. The number of hydrazone groups is 1. The summed E-state index contributed by atoms with van der Waals surface area (Å²) in [6.07, 6.45) is 1.47. The number of ether oxygens (including phenoxy) is 4. The van der Waals surface area contributed by atoms with Crippen LogP contribution in [-0.2, 0) is 4.79 Å². The lowest BCUT2D eigenvalue weighted by Crippen LogP contribution is -2.25. The number of hydrogen-bond acceptors (Lipinski definition) is 7. The molecule has 3 rings (SSSR count). The summed E-state index contributed by atoms with van der Waals surface area (Å²) in [6, 6.07) is 17.6. The average molecular weight is 505 g/mol. The molecule has 0 fully saturated rings. The molecule has 0 bridgehead atoms. The smallest absolute Gasteiger partial charge is 0.343 e. The topological polar surface area (TPSA) is 95.5 Å². The van der Waals surface area contributed by atoms with E-state index in [1.807, 2.05) is 32.0 Å². The van der Waals surface area contributed by atoms with Gasteiger partial charge in [-0.05, 0) is 85.0 Å². The van der Waals surface area contributed by atoms with Crippen LogP contribution in [-0.4, -0.2) is 38.4 Å². The van der Waals surface area contributed by atoms with Crippen LogP contribution in [0.2, 0.25) is 0 Å². The standard InChI is InChI=1S/C29H32N2O6/c1-6-35-27-16-21(8-14-25(27)37-29(33)22-9-11-23(34-5)12-10-22)17-30-31-28(32)18-36-26-15-20(4)7-13-24(26)19(2)3/h7-17,19H,6,18H2,1-5H3,(H,31,32)/b30-17-. The van der Waals surface area contributed by atoms with Gasteiger partial charge in [-0.1, -0.05) is 26.0 Å². The van der Waals surface area contributed by atoms with Crippen LogP contribution in [0.3, 0.4) is 0 Å². The van der Waals surface area contributed by atoms with Crippen molar-refractivity contribution in [2.24, 2.45) is 5.10 Å².